The van der Waals surface area contributed by atoms with E-state index >= 15 is 0 Å². The molecule has 2 aromatic carbocycles. The highest BCUT2D eigenvalue weighted by molar-refractivity contribution is 7.17. The number of nitrogens with zero attached hydrogens (tertiary/aromatic N) is 3. The zero-order valence-corrected chi connectivity index (χ0v) is 16.9. The molecule has 0 saturated heterocycles. The van der Waals surface area contributed by atoms with E-state index in [4.69, 9.17) is 4.74 Å². The summed E-state index contributed by atoms with van der Waals surface area (Å²) < 4.78 is 20.1. The fourth-order valence-corrected chi connectivity index (χ4v) is 4.27. The van der Waals surface area contributed by atoms with Gasteiger partial charge in [0.1, 0.15) is 5.75 Å². The van der Waals surface area contributed by atoms with Crippen LogP contribution in [0.2, 0.25) is 0 Å². The molecule has 10 heteroatoms. The van der Waals surface area contributed by atoms with E-state index in [9.17, 15) is 14.5 Å². The lowest BCUT2D eigenvalue weighted by Gasteiger charge is -2.11. The lowest BCUT2D eigenvalue weighted by atomic mass is 10.1. The van der Waals surface area contributed by atoms with Crippen LogP contribution in [0.1, 0.15) is 0 Å². The number of methoxy groups -OCH3 is 1. The average molecular weight is 435 g/mol. The molecule has 5 aromatic rings. The Balaban J connectivity index is 1.66. The van der Waals surface area contributed by atoms with Crippen molar-refractivity contribution in [2.75, 3.05) is 12.4 Å². The fourth-order valence-electron chi connectivity index (χ4n) is 3.44. The van der Waals surface area contributed by atoms with Crippen molar-refractivity contribution in [2.24, 2.45) is 0 Å². The Morgan fingerprint density at radius 1 is 1.23 bits per heavy atom. The van der Waals surface area contributed by atoms with Gasteiger partial charge in [0.15, 0.2) is 0 Å². The molecule has 0 spiro atoms. The maximum Gasteiger partial charge on any atom is 0.307 e. The van der Waals surface area contributed by atoms with Gasteiger partial charge >= 0.3 is 5.69 Å². The fraction of sp³-hybridized carbons (Fsp3) is 0.0476. The molecule has 0 saturated carbocycles. The molecule has 8 nitrogen and oxygen atoms in total. The highest BCUT2D eigenvalue weighted by Crippen LogP contribution is 2.37. The minimum atomic E-state index is -0.985. The summed E-state index contributed by atoms with van der Waals surface area (Å²) in [6, 6.07) is 11.8. The number of anilines is 2. The van der Waals surface area contributed by atoms with Crippen LogP contribution in [0.4, 0.5) is 21.7 Å². The molecule has 0 atom stereocenters. The summed E-state index contributed by atoms with van der Waals surface area (Å²) in [5, 5.41) is 17.1. The topological polar surface area (TPSA) is 106 Å². The Hall–Kier alpha value is -4.05. The van der Waals surface area contributed by atoms with Crippen LogP contribution in [0.3, 0.4) is 0 Å². The number of ether oxygens (including phenoxy) is 1. The first-order chi connectivity index (χ1) is 15.0. The number of rotatable bonds is 5. The maximum atomic E-state index is 14.0. The molecule has 0 aliphatic rings. The molecule has 0 amide bonds. The lowest BCUT2D eigenvalue weighted by molar-refractivity contribution is -0.387. The standard InChI is InChI=1S/C21H14FN5O3S/c1-30-18-8-13(22)17(27(28)29)9-16(18)25-21-24-15-6-7-31-20(15)19(26-21)12-10-23-14-5-3-2-4-11(12)14/h2-10,23H,1H3,(H,24,25,26). The van der Waals surface area contributed by atoms with E-state index in [0.29, 0.717) is 0 Å². The molecular formula is C21H14FN5O3S. The Bertz CT molecular complexity index is 1460. The smallest absolute Gasteiger partial charge is 0.307 e. The molecule has 0 bridgehead atoms. The van der Waals surface area contributed by atoms with E-state index in [1.807, 2.05) is 41.9 Å². The zero-order chi connectivity index (χ0) is 21.5. The number of aromatic amines is 1. The molecule has 0 radical (unpaired) electrons. The van der Waals surface area contributed by atoms with Gasteiger partial charge < -0.3 is 15.0 Å². The van der Waals surface area contributed by atoms with Crippen molar-refractivity contribution in [2.45, 2.75) is 0 Å². The summed E-state index contributed by atoms with van der Waals surface area (Å²) in [5.74, 6) is -0.669. The molecule has 0 fully saturated rings. The quantitative estimate of drug-likeness (QED) is 0.273. The molecule has 5 rings (SSSR count). The summed E-state index contributed by atoms with van der Waals surface area (Å²) in [6.45, 7) is 0. The minimum absolute atomic E-state index is 0.103. The van der Waals surface area contributed by atoms with E-state index in [-0.39, 0.29) is 17.4 Å². The molecule has 3 aromatic heterocycles. The van der Waals surface area contributed by atoms with Gasteiger partial charge in [-0.25, -0.2) is 9.97 Å². The first kappa shape index (κ1) is 18.9. The summed E-state index contributed by atoms with van der Waals surface area (Å²) in [5.41, 5.74) is 2.84. The van der Waals surface area contributed by atoms with Crippen LogP contribution in [0, 0.1) is 15.9 Å². The first-order valence-corrected chi connectivity index (χ1v) is 10.0. The van der Waals surface area contributed by atoms with E-state index in [2.05, 4.69) is 20.3 Å². The Morgan fingerprint density at radius 2 is 2.06 bits per heavy atom. The van der Waals surface area contributed by atoms with Crippen molar-refractivity contribution >= 4 is 49.8 Å². The second-order valence-corrected chi connectivity index (χ2v) is 7.58. The number of aromatic nitrogens is 3. The van der Waals surface area contributed by atoms with E-state index in [1.54, 1.807) is 0 Å². The van der Waals surface area contributed by atoms with E-state index < -0.39 is 16.4 Å². The summed E-state index contributed by atoms with van der Waals surface area (Å²) in [6.07, 6.45) is 1.89. The molecule has 2 N–H and O–H groups in total. The van der Waals surface area contributed by atoms with Gasteiger partial charge in [-0.3, -0.25) is 10.1 Å². The van der Waals surface area contributed by atoms with Gasteiger partial charge in [-0.15, -0.1) is 11.3 Å². The third-order valence-electron chi connectivity index (χ3n) is 4.86. The molecular weight excluding hydrogens is 421 g/mol. The predicted octanol–water partition coefficient (Wildman–Crippen LogP) is 5.64. The second-order valence-electron chi connectivity index (χ2n) is 6.66. The number of nitrogens with one attached hydrogen (secondary N) is 2. The number of fused-ring (bicyclic) bond motifs is 2. The van der Waals surface area contributed by atoms with E-state index in [0.717, 1.165) is 44.5 Å². The Kier molecular flexibility index (Phi) is 4.48. The number of benzene rings is 2. The van der Waals surface area contributed by atoms with Gasteiger partial charge in [0.25, 0.3) is 0 Å². The van der Waals surface area contributed by atoms with Gasteiger partial charge in [0, 0.05) is 34.8 Å². The van der Waals surface area contributed by atoms with Crippen LogP contribution in [-0.2, 0) is 0 Å². The van der Waals surface area contributed by atoms with Crippen molar-refractivity contribution in [3.63, 3.8) is 0 Å². The van der Waals surface area contributed by atoms with Crippen LogP contribution in [-0.4, -0.2) is 27.0 Å². The van der Waals surface area contributed by atoms with Crippen molar-refractivity contribution in [1.82, 2.24) is 15.0 Å². The lowest BCUT2D eigenvalue weighted by Crippen LogP contribution is -2.03. The predicted molar refractivity (Wildman–Crippen MR) is 118 cm³/mol. The van der Waals surface area contributed by atoms with Crippen molar-refractivity contribution in [1.29, 1.82) is 0 Å². The number of hydrogen-bond acceptors (Lipinski definition) is 7. The van der Waals surface area contributed by atoms with E-state index in [1.165, 1.54) is 18.4 Å². The third-order valence-corrected chi connectivity index (χ3v) is 5.77. The normalized spacial score (nSPS) is 11.2. The number of thiophene rings is 1. The molecule has 0 aliphatic heterocycles. The van der Waals surface area contributed by atoms with Crippen LogP contribution in [0.5, 0.6) is 5.75 Å². The number of nitro benzene ring substituents is 1. The Morgan fingerprint density at radius 3 is 2.87 bits per heavy atom. The van der Waals surface area contributed by atoms with Crippen molar-refractivity contribution in [3.05, 3.63) is 70.0 Å². The average Bonchev–Trinajstić information content (AvgIpc) is 3.41. The van der Waals surface area contributed by atoms with Crippen LogP contribution >= 0.6 is 11.3 Å². The van der Waals surface area contributed by atoms with Gasteiger partial charge in [-0.05, 0) is 17.5 Å². The van der Waals surface area contributed by atoms with Gasteiger partial charge in [0.2, 0.25) is 11.8 Å². The maximum absolute atomic E-state index is 14.0. The molecule has 154 valence electrons. The van der Waals surface area contributed by atoms with Gasteiger partial charge in [0.05, 0.1) is 33.6 Å². The number of halogens is 1. The number of H-pyrrole nitrogens is 1. The van der Waals surface area contributed by atoms with Crippen molar-refractivity contribution in [3.8, 4) is 17.0 Å². The zero-order valence-electron chi connectivity index (χ0n) is 16.0. The van der Waals surface area contributed by atoms with Crippen LogP contribution in [0.15, 0.2) is 54.0 Å². The molecule has 3 heterocycles. The third kappa shape index (κ3) is 3.22. The second kappa shape index (κ2) is 7.33. The van der Waals surface area contributed by atoms with Gasteiger partial charge in [-0.2, -0.15) is 4.39 Å². The monoisotopic (exact) mass is 435 g/mol. The summed E-state index contributed by atoms with van der Waals surface area (Å²) >= 11 is 1.52. The minimum Gasteiger partial charge on any atom is -0.494 e. The molecule has 0 aliphatic carbocycles. The molecule has 31 heavy (non-hydrogen) atoms. The highest BCUT2D eigenvalue weighted by Gasteiger charge is 2.21. The highest BCUT2D eigenvalue weighted by atomic mass is 32.1. The van der Waals surface area contributed by atoms with Crippen LogP contribution in [0.25, 0.3) is 32.4 Å². The number of para-hydroxylation sites is 1. The van der Waals surface area contributed by atoms with Crippen LogP contribution < -0.4 is 10.1 Å². The largest absolute Gasteiger partial charge is 0.494 e. The van der Waals surface area contributed by atoms with Gasteiger partial charge in [-0.1, -0.05) is 18.2 Å². The Labute approximate surface area is 178 Å². The van der Waals surface area contributed by atoms with Crippen molar-refractivity contribution < 1.29 is 14.1 Å². The molecule has 0 unspecified atom stereocenters. The summed E-state index contributed by atoms with van der Waals surface area (Å²) in [4.78, 5) is 22.8. The number of hydrogen-bond donors (Lipinski definition) is 2. The summed E-state index contributed by atoms with van der Waals surface area (Å²) in [7, 11) is 1.35. The SMILES string of the molecule is COc1cc(F)c([N+](=O)[O-])cc1Nc1nc(-c2c[nH]c3ccccc23)c2sccc2n1. The first-order valence-electron chi connectivity index (χ1n) is 9.16. The number of nitro groups is 1.